The fourth-order valence-corrected chi connectivity index (χ4v) is 3.06. The second-order valence-electron chi connectivity index (χ2n) is 4.90. The number of nitrogens with one attached hydrogen (secondary N) is 1. The minimum atomic E-state index is -4.07. The van der Waals surface area contributed by atoms with E-state index in [1.165, 1.54) is 12.1 Å². The highest BCUT2D eigenvalue weighted by atomic mass is 32.2. The van der Waals surface area contributed by atoms with E-state index in [1.54, 1.807) is 19.1 Å². The van der Waals surface area contributed by atoms with Crippen molar-refractivity contribution < 1.29 is 21.7 Å². The van der Waals surface area contributed by atoms with Crippen LogP contribution in [0.2, 0.25) is 0 Å². The van der Waals surface area contributed by atoms with Crippen molar-refractivity contribution in [3.63, 3.8) is 0 Å². The summed E-state index contributed by atoms with van der Waals surface area (Å²) in [6.07, 6.45) is 0. The highest BCUT2D eigenvalue weighted by Crippen LogP contribution is 2.23. The number of sulfonamides is 1. The zero-order chi connectivity index (χ0) is 17.3. The topological polar surface area (TPSA) is 85.1 Å². The standard InChI is InChI=1S/C15H11F2N3O3S/c1-9-18-15(19-23-9)10-3-2-4-11(7-10)20-24(21,22)12-5-6-13(16)14(17)8-12/h2-8,20H,1H3. The Morgan fingerprint density at radius 1 is 1.08 bits per heavy atom. The van der Waals surface area contributed by atoms with E-state index < -0.39 is 21.7 Å². The molecule has 0 amide bonds. The number of hydrogen-bond donors (Lipinski definition) is 1. The number of halogens is 2. The van der Waals surface area contributed by atoms with E-state index in [0.717, 1.165) is 12.1 Å². The molecule has 0 saturated carbocycles. The van der Waals surface area contributed by atoms with Crippen LogP contribution in [0, 0.1) is 18.6 Å². The summed E-state index contributed by atoms with van der Waals surface area (Å²) in [6, 6.07) is 8.64. The minimum Gasteiger partial charge on any atom is -0.339 e. The van der Waals surface area contributed by atoms with Crippen molar-refractivity contribution in [1.82, 2.24) is 10.1 Å². The van der Waals surface area contributed by atoms with Crippen LogP contribution in [0.5, 0.6) is 0 Å². The molecule has 0 spiro atoms. The monoisotopic (exact) mass is 351 g/mol. The van der Waals surface area contributed by atoms with Gasteiger partial charge in [-0.3, -0.25) is 4.72 Å². The van der Waals surface area contributed by atoms with Crippen LogP contribution in [0.4, 0.5) is 14.5 Å². The molecule has 124 valence electrons. The number of hydrogen-bond acceptors (Lipinski definition) is 5. The molecule has 0 atom stereocenters. The van der Waals surface area contributed by atoms with Crippen LogP contribution in [0.1, 0.15) is 5.89 Å². The molecular weight excluding hydrogens is 340 g/mol. The lowest BCUT2D eigenvalue weighted by Gasteiger charge is -2.09. The maximum absolute atomic E-state index is 13.2. The highest BCUT2D eigenvalue weighted by molar-refractivity contribution is 7.92. The lowest BCUT2D eigenvalue weighted by molar-refractivity contribution is 0.394. The van der Waals surface area contributed by atoms with Crippen molar-refractivity contribution in [2.24, 2.45) is 0 Å². The van der Waals surface area contributed by atoms with Gasteiger partial charge < -0.3 is 4.52 Å². The third-order valence-corrected chi connectivity index (χ3v) is 4.48. The summed E-state index contributed by atoms with van der Waals surface area (Å²) >= 11 is 0. The Balaban J connectivity index is 1.91. The molecule has 1 heterocycles. The first-order valence-electron chi connectivity index (χ1n) is 6.74. The second-order valence-corrected chi connectivity index (χ2v) is 6.58. The minimum absolute atomic E-state index is 0.222. The van der Waals surface area contributed by atoms with Crippen molar-refractivity contribution in [2.45, 2.75) is 11.8 Å². The third-order valence-electron chi connectivity index (χ3n) is 3.10. The summed E-state index contributed by atoms with van der Waals surface area (Å²) in [4.78, 5) is 3.66. The van der Waals surface area contributed by atoms with Gasteiger partial charge in [-0.25, -0.2) is 17.2 Å². The normalized spacial score (nSPS) is 11.5. The van der Waals surface area contributed by atoms with Crippen molar-refractivity contribution in [1.29, 1.82) is 0 Å². The Kier molecular flexibility index (Phi) is 4.02. The lowest BCUT2D eigenvalue weighted by Crippen LogP contribution is -2.13. The van der Waals surface area contributed by atoms with E-state index in [-0.39, 0.29) is 10.6 Å². The predicted molar refractivity (Wildman–Crippen MR) is 81.6 cm³/mol. The lowest BCUT2D eigenvalue weighted by atomic mass is 10.2. The van der Waals surface area contributed by atoms with Crippen LogP contribution >= 0.6 is 0 Å². The largest absolute Gasteiger partial charge is 0.339 e. The van der Waals surface area contributed by atoms with E-state index in [0.29, 0.717) is 23.3 Å². The van der Waals surface area contributed by atoms with Gasteiger partial charge in [-0.15, -0.1) is 0 Å². The first kappa shape index (κ1) is 16.1. The third kappa shape index (κ3) is 3.25. The molecule has 0 aliphatic rings. The summed E-state index contributed by atoms with van der Waals surface area (Å²) in [5, 5.41) is 3.75. The molecule has 3 aromatic rings. The zero-order valence-electron chi connectivity index (χ0n) is 12.3. The fourth-order valence-electron chi connectivity index (χ4n) is 2.00. The van der Waals surface area contributed by atoms with Gasteiger partial charge in [0.25, 0.3) is 10.0 Å². The first-order chi connectivity index (χ1) is 11.3. The van der Waals surface area contributed by atoms with Gasteiger partial charge in [0.2, 0.25) is 11.7 Å². The Morgan fingerprint density at radius 3 is 2.54 bits per heavy atom. The average Bonchev–Trinajstić information content (AvgIpc) is 2.96. The number of rotatable bonds is 4. The molecule has 0 fully saturated rings. The van der Waals surface area contributed by atoms with Crippen molar-refractivity contribution >= 4 is 15.7 Å². The summed E-state index contributed by atoms with van der Waals surface area (Å²) < 4.78 is 57.9. The van der Waals surface area contributed by atoms with Crippen LogP contribution in [-0.2, 0) is 10.0 Å². The van der Waals surface area contributed by atoms with Gasteiger partial charge in [-0.1, -0.05) is 17.3 Å². The highest BCUT2D eigenvalue weighted by Gasteiger charge is 2.17. The van der Waals surface area contributed by atoms with Gasteiger partial charge in [-0.05, 0) is 30.3 Å². The van der Waals surface area contributed by atoms with Crippen LogP contribution in [0.3, 0.4) is 0 Å². The van der Waals surface area contributed by atoms with Crippen molar-refractivity contribution in [3.8, 4) is 11.4 Å². The molecule has 9 heteroatoms. The fraction of sp³-hybridized carbons (Fsp3) is 0.0667. The number of anilines is 1. The van der Waals surface area contributed by atoms with Gasteiger partial charge >= 0.3 is 0 Å². The van der Waals surface area contributed by atoms with Gasteiger partial charge in [0.1, 0.15) is 0 Å². The van der Waals surface area contributed by atoms with Crippen molar-refractivity contribution in [3.05, 3.63) is 60.0 Å². The molecule has 24 heavy (non-hydrogen) atoms. The molecule has 3 rings (SSSR count). The maximum atomic E-state index is 13.2. The number of aromatic nitrogens is 2. The van der Waals surface area contributed by atoms with Crippen LogP contribution in [-0.4, -0.2) is 18.6 Å². The number of aryl methyl sites for hydroxylation is 1. The van der Waals surface area contributed by atoms with Gasteiger partial charge in [-0.2, -0.15) is 4.98 Å². The molecule has 1 aromatic heterocycles. The quantitative estimate of drug-likeness (QED) is 0.781. The Hall–Kier alpha value is -2.81. The SMILES string of the molecule is Cc1nc(-c2cccc(NS(=O)(=O)c3ccc(F)c(F)c3)c2)no1. The molecule has 0 aliphatic carbocycles. The molecule has 0 unspecified atom stereocenters. The number of benzene rings is 2. The summed E-state index contributed by atoms with van der Waals surface area (Å²) in [5.41, 5.74) is 0.761. The second kappa shape index (κ2) is 6.00. The zero-order valence-corrected chi connectivity index (χ0v) is 13.1. The van der Waals surface area contributed by atoms with Crippen LogP contribution in [0.25, 0.3) is 11.4 Å². The van der Waals surface area contributed by atoms with Crippen molar-refractivity contribution in [2.75, 3.05) is 4.72 Å². The van der Waals surface area contributed by atoms with E-state index >= 15 is 0 Å². The molecule has 0 saturated heterocycles. The average molecular weight is 351 g/mol. The van der Waals surface area contributed by atoms with Gasteiger partial charge in [0.15, 0.2) is 11.6 Å². The van der Waals surface area contributed by atoms with E-state index in [1.807, 2.05) is 0 Å². The first-order valence-corrected chi connectivity index (χ1v) is 8.22. The summed E-state index contributed by atoms with van der Waals surface area (Å²) in [5.74, 6) is -1.68. The molecule has 6 nitrogen and oxygen atoms in total. The van der Waals surface area contributed by atoms with Crippen LogP contribution in [0.15, 0.2) is 51.9 Å². The number of nitrogens with zero attached hydrogens (tertiary/aromatic N) is 2. The Labute approximate surface area is 136 Å². The molecular formula is C15H11F2N3O3S. The van der Waals surface area contributed by atoms with Gasteiger partial charge in [0.05, 0.1) is 4.90 Å². The maximum Gasteiger partial charge on any atom is 0.261 e. The molecule has 0 bridgehead atoms. The predicted octanol–water partition coefficient (Wildman–Crippen LogP) is 3.12. The summed E-state index contributed by atoms with van der Waals surface area (Å²) in [7, 11) is -4.07. The van der Waals surface area contributed by atoms with Gasteiger partial charge in [0, 0.05) is 18.2 Å². The Morgan fingerprint density at radius 2 is 1.88 bits per heavy atom. The smallest absolute Gasteiger partial charge is 0.261 e. The molecule has 0 radical (unpaired) electrons. The molecule has 1 N–H and O–H groups in total. The molecule has 2 aromatic carbocycles. The van der Waals surface area contributed by atoms with E-state index in [2.05, 4.69) is 14.9 Å². The van der Waals surface area contributed by atoms with E-state index in [9.17, 15) is 17.2 Å². The molecule has 0 aliphatic heterocycles. The Bertz CT molecular complexity index is 1000. The summed E-state index contributed by atoms with van der Waals surface area (Å²) in [6.45, 7) is 1.63. The van der Waals surface area contributed by atoms with Crippen LogP contribution < -0.4 is 4.72 Å². The van der Waals surface area contributed by atoms with E-state index in [4.69, 9.17) is 4.52 Å².